The van der Waals surface area contributed by atoms with E-state index in [4.69, 9.17) is 0 Å². The number of aromatic nitrogens is 1. The van der Waals surface area contributed by atoms with Gasteiger partial charge in [-0.1, -0.05) is 30.3 Å². The third-order valence-corrected chi connectivity index (χ3v) is 3.20. The van der Waals surface area contributed by atoms with Crippen LogP contribution in [0.3, 0.4) is 0 Å². The van der Waals surface area contributed by atoms with Gasteiger partial charge in [0, 0.05) is 22.3 Å². The molecule has 0 aliphatic heterocycles. The molecule has 0 radical (unpaired) electrons. The Labute approximate surface area is 99.5 Å². The summed E-state index contributed by atoms with van der Waals surface area (Å²) in [6.07, 6.45) is 0. The Morgan fingerprint density at radius 2 is 1.65 bits per heavy atom. The first kappa shape index (κ1) is 10.3. The van der Waals surface area contributed by atoms with E-state index in [0.29, 0.717) is 5.52 Å². The highest BCUT2D eigenvalue weighted by Crippen LogP contribution is 2.32. The predicted octanol–water partition coefficient (Wildman–Crippen LogP) is 4.51. The smallest absolute Gasteiger partial charge is 0.147 e. The number of hydrogen-bond acceptors (Lipinski definition) is 0. The van der Waals surface area contributed by atoms with Crippen LogP contribution in [0.15, 0.2) is 42.5 Å². The zero-order valence-electron chi connectivity index (χ0n) is 9.94. The molecular formula is C15H14FN. The molecule has 0 atom stereocenters. The summed E-state index contributed by atoms with van der Waals surface area (Å²) in [7, 11) is 0. The van der Waals surface area contributed by atoms with Gasteiger partial charge < -0.3 is 4.57 Å². The zero-order chi connectivity index (χ0) is 12.0. The van der Waals surface area contributed by atoms with Gasteiger partial charge in [0.05, 0.1) is 5.52 Å². The molecule has 2 heteroatoms. The van der Waals surface area contributed by atoms with Crippen molar-refractivity contribution in [1.82, 2.24) is 4.57 Å². The lowest BCUT2D eigenvalue weighted by Crippen LogP contribution is -2.01. The van der Waals surface area contributed by atoms with Crippen LogP contribution in [0.2, 0.25) is 0 Å². The second-order valence-corrected chi connectivity index (χ2v) is 4.62. The molecule has 0 saturated carbocycles. The van der Waals surface area contributed by atoms with E-state index >= 15 is 0 Å². The van der Waals surface area contributed by atoms with E-state index in [2.05, 4.69) is 30.5 Å². The molecule has 3 aromatic rings. The van der Waals surface area contributed by atoms with Crippen molar-refractivity contribution >= 4 is 21.8 Å². The van der Waals surface area contributed by atoms with E-state index in [-0.39, 0.29) is 11.9 Å². The molecule has 17 heavy (non-hydrogen) atoms. The topological polar surface area (TPSA) is 4.93 Å². The molecule has 0 bridgehead atoms. The maximum atomic E-state index is 14.0. The van der Waals surface area contributed by atoms with Gasteiger partial charge in [-0.3, -0.25) is 0 Å². The van der Waals surface area contributed by atoms with E-state index in [1.54, 1.807) is 6.07 Å². The van der Waals surface area contributed by atoms with Crippen molar-refractivity contribution < 1.29 is 4.39 Å². The van der Waals surface area contributed by atoms with Crippen LogP contribution in [0, 0.1) is 5.82 Å². The standard InChI is InChI=1S/C15H14FN/c1-10(2)17-14-9-4-3-6-11(14)12-7-5-8-13(16)15(12)17/h3-10H,1-2H3. The van der Waals surface area contributed by atoms with Crippen LogP contribution in [-0.2, 0) is 0 Å². The average Bonchev–Trinajstić information content (AvgIpc) is 2.65. The molecule has 0 spiro atoms. The van der Waals surface area contributed by atoms with Crippen LogP contribution < -0.4 is 0 Å². The number of para-hydroxylation sites is 2. The van der Waals surface area contributed by atoms with Gasteiger partial charge in [-0.05, 0) is 26.0 Å². The second kappa shape index (κ2) is 3.59. The van der Waals surface area contributed by atoms with E-state index in [1.165, 1.54) is 6.07 Å². The third-order valence-electron chi connectivity index (χ3n) is 3.20. The van der Waals surface area contributed by atoms with Crippen LogP contribution in [0.25, 0.3) is 21.8 Å². The van der Waals surface area contributed by atoms with Gasteiger partial charge in [-0.2, -0.15) is 0 Å². The highest BCUT2D eigenvalue weighted by atomic mass is 19.1. The molecule has 0 fully saturated rings. The molecule has 0 aliphatic rings. The number of rotatable bonds is 1. The maximum absolute atomic E-state index is 14.0. The summed E-state index contributed by atoms with van der Waals surface area (Å²) in [5.41, 5.74) is 1.81. The lowest BCUT2D eigenvalue weighted by Gasteiger charge is -2.11. The van der Waals surface area contributed by atoms with Gasteiger partial charge in [-0.15, -0.1) is 0 Å². The summed E-state index contributed by atoms with van der Waals surface area (Å²) in [5.74, 6) is -0.146. The molecule has 0 N–H and O–H groups in total. The summed E-state index contributed by atoms with van der Waals surface area (Å²) in [5, 5.41) is 2.12. The van der Waals surface area contributed by atoms with Crippen LogP contribution in [0.5, 0.6) is 0 Å². The Kier molecular flexibility index (Phi) is 2.18. The van der Waals surface area contributed by atoms with Gasteiger partial charge >= 0.3 is 0 Å². The first-order valence-corrected chi connectivity index (χ1v) is 5.87. The Balaban J connectivity index is 2.63. The van der Waals surface area contributed by atoms with Crippen LogP contribution in [-0.4, -0.2) is 4.57 Å². The van der Waals surface area contributed by atoms with Crippen molar-refractivity contribution in [3.63, 3.8) is 0 Å². The second-order valence-electron chi connectivity index (χ2n) is 4.62. The van der Waals surface area contributed by atoms with Crippen molar-refractivity contribution in [1.29, 1.82) is 0 Å². The molecule has 1 aromatic heterocycles. The third kappa shape index (κ3) is 1.37. The van der Waals surface area contributed by atoms with Gasteiger partial charge in [0.1, 0.15) is 5.82 Å². The molecule has 0 unspecified atom stereocenters. The van der Waals surface area contributed by atoms with Crippen molar-refractivity contribution in [2.75, 3.05) is 0 Å². The quantitative estimate of drug-likeness (QED) is 0.576. The molecular weight excluding hydrogens is 213 g/mol. The summed E-state index contributed by atoms with van der Waals surface area (Å²) in [4.78, 5) is 0. The number of benzene rings is 2. The van der Waals surface area contributed by atoms with E-state index < -0.39 is 0 Å². The van der Waals surface area contributed by atoms with E-state index in [0.717, 1.165) is 16.3 Å². The zero-order valence-corrected chi connectivity index (χ0v) is 9.94. The summed E-state index contributed by atoms with van der Waals surface area (Å²) < 4.78 is 16.1. The Hall–Kier alpha value is -1.83. The normalized spacial score (nSPS) is 11.8. The van der Waals surface area contributed by atoms with Gasteiger partial charge in [0.2, 0.25) is 0 Å². The minimum Gasteiger partial charge on any atom is -0.336 e. The molecule has 1 heterocycles. The highest BCUT2D eigenvalue weighted by Gasteiger charge is 2.14. The predicted molar refractivity (Wildman–Crippen MR) is 69.8 cm³/mol. The lowest BCUT2D eigenvalue weighted by molar-refractivity contribution is 0.599. The summed E-state index contributed by atoms with van der Waals surface area (Å²) in [6.45, 7) is 4.16. The average molecular weight is 227 g/mol. The molecule has 0 saturated heterocycles. The summed E-state index contributed by atoms with van der Waals surface area (Å²) >= 11 is 0. The number of halogens is 1. The molecule has 0 aliphatic carbocycles. The molecule has 2 aromatic carbocycles. The van der Waals surface area contributed by atoms with Crippen molar-refractivity contribution in [2.45, 2.75) is 19.9 Å². The number of fused-ring (bicyclic) bond motifs is 3. The molecule has 0 amide bonds. The van der Waals surface area contributed by atoms with Gasteiger partial charge in [0.25, 0.3) is 0 Å². The first-order chi connectivity index (χ1) is 8.20. The fourth-order valence-electron chi connectivity index (χ4n) is 2.55. The van der Waals surface area contributed by atoms with E-state index in [9.17, 15) is 4.39 Å². The van der Waals surface area contributed by atoms with Gasteiger partial charge in [-0.25, -0.2) is 4.39 Å². The Morgan fingerprint density at radius 1 is 0.941 bits per heavy atom. The van der Waals surface area contributed by atoms with Crippen LogP contribution in [0.4, 0.5) is 4.39 Å². The van der Waals surface area contributed by atoms with Crippen LogP contribution >= 0.6 is 0 Å². The first-order valence-electron chi connectivity index (χ1n) is 5.87. The Bertz CT molecular complexity index is 695. The van der Waals surface area contributed by atoms with Crippen molar-refractivity contribution in [2.24, 2.45) is 0 Å². The lowest BCUT2D eigenvalue weighted by atomic mass is 10.1. The maximum Gasteiger partial charge on any atom is 0.147 e. The molecule has 3 rings (SSSR count). The SMILES string of the molecule is CC(C)n1c2ccccc2c2cccc(F)c21. The largest absolute Gasteiger partial charge is 0.336 e. The van der Waals surface area contributed by atoms with Crippen LogP contribution in [0.1, 0.15) is 19.9 Å². The summed E-state index contributed by atoms with van der Waals surface area (Å²) in [6, 6.07) is 13.6. The fraction of sp³-hybridized carbons (Fsp3) is 0.200. The fourth-order valence-corrected chi connectivity index (χ4v) is 2.55. The molecule has 1 nitrogen and oxygen atoms in total. The number of hydrogen-bond donors (Lipinski definition) is 0. The highest BCUT2D eigenvalue weighted by molar-refractivity contribution is 6.08. The minimum absolute atomic E-state index is 0.146. The van der Waals surface area contributed by atoms with E-state index in [1.807, 2.05) is 18.2 Å². The monoisotopic (exact) mass is 227 g/mol. The Morgan fingerprint density at radius 3 is 2.41 bits per heavy atom. The number of nitrogens with zero attached hydrogens (tertiary/aromatic N) is 1. The minimum atomic E-state index is -0.146. The van der Waals surface area contributed by atoms with Crippen molar-refractivity contribution in [3.8, 4) is 0 Å². The van der Waals surface area contributed by atoms with Gasteiger partial charge in [0.15, 0.2) is 0 Å². The molecule has 86 valence electrons. The van der Waals surface area contributed by atoms with Crippen molar-refractivity contribution in [3.05, 3.63) is 48.3 Å².